The number of halogens is 1. The molecular formula is C30H39ClN4O2. The lowest BCUT2D eigenvalue weighted by atomic mass is 9.92. The molecule has 37 heavy (non-hydrogen) atoms. The molecule has 0 aliphatic carbocycles. The lowest BCUT2D eigenvalue weighted by Gasteiger charge is -2.26. The first-order chi connectivity index (χ1) is 17.5. The fourth-order valence-corrected chi connectivity index (χ4v) is 4.24. The Bertz CT molecular complexity index is 1210. The van der Waals surface area contributed by atoms with Crippen molar-refractivity contribution < 1.29 is 9.59 Å². The Morgan fingerprint density at radius 1 is 1.05 bits per heavy atom. The highest BCUT2D eigenvalue weighted by atomic mass is 35.5. The molecule has 1 heterocycles. The number of para-hydroxylation sites is 1. The molecule has 0 aliphatic rings. The highest BCUT2D eigenvalue weighted by Gasteiger charge is 2.25. The van der Waals surface area contributed by atoms with E-state index >= 15 is 0 Å². The van der Waals surface area contributed by atoms with Crippen LogP contribution in [-0.2, 0) is 16.6 Å². The Hall–Kier alpha value is -3.12. The third kappa shape index (κ3) is 7.45. The van der Waals surface area contributed by atoms with Gasteiger partial charge in [0, 0.05) is 23.1 Å². The Kier molecular flexibility index (Phi) is 9.55. The smallest absolute Gasteiger partial charge is 0.254 e. The normalized spacial score (nSPS) is 11.6. The number of unbranched alkanes of at least 4 members (excludes halogenated alkanes) is 2. The molecule has 2 aromatic carbocycles. The van der Waals surface area contributed by atoms with Gasteiger partial charge in [-0.15, -0.1) is 0 Å². The van der Waals surface area contributed by atoms with E-state index in [1.54, 1.807) is 15.6 Å². The highest BCUT2D eigenvalue weighted by Crippen LogP contribution is 2.29. The van der Waals surface area contributed by atoms with Gasteiger partial charge in [0.05, 0.1) is 16.4 Å². The fraction of sp³-hybridized carbons (Fsp3) is 0.433. The molecule has 198 valence electrons. The topological polar surface area (TPSA) is 67.2 Å². The van der Waals surface area contributed by atoms with Crippen molar-refractivity contribution in [3.63, 3.8) is 0 Å². The zero-order valence-corrected chi connectivity index (χ0v) is 23.6. The van der Waals surface area contributed by atoms with Crippen LogP contribution in [0.4, 0.5) is 5.82 Å². The van der Waals surface area contributed by atoms with Gasteiger partial charge < -0.3 is 10.2 Å². The van der Waals surface area contributed by atoms with Crippen LogP contribution in [0.5, 0.6) is 0 Å². The maximum atomic E-state index is 13.3. The average Bonchev–Trinajstić information content (AvgIpc) is 3.27. The summed E-state index contributed by atoms with van der Waals surface area (Å²) in [6.07, 6.45) is 4.53. The van der Waals surface area contributed by atoms with E-state index < -0.39 is 0 Å². The second-order valence-corrected chi connectivity index (χ2v) is 11.2. The lowest BCUT2D eigenvalue weighted by molar-refractivity contribution is -0.117. The van der Waals surface area contributed by atoms with Crippen molar-refractivity contribution >= 4 is 29.2 Å². The van der Waals surface area contributed by atoms with Gasteiger partial charge in [-0.1, -0.05) is 76.4 Å². The van der Waals surface area contributed by atoms with Crippen molar-refractivity contribution in [2.45, 2.75) is 78.7 Å². The van der Waals surface area contributed by atoms with Crippen molar-refractivity contribution in [1.29, 1.82) is 0 Å². The maximum Gasteiger partial charge on any atom is 0.254 e. The Labute approximate surface area is 226 Å². The molecule has 3 rings (SSSR count). The number of carbonyl (C=O) groups excluding carboxylic acids is 2. The number of hydrogen-bond acceptors (Lipinski definition) is 3. The summed E-state index contributed by atoms with van der Waals surface area (Å²) in [5, 5.41) is 8.23. The third-order valence-electron chi connectivity index (χ3n) is 6.29. The molecule has 3 aromatic rings. The predicted molar refractivity (Wildman–Crippen MR) is 152 cm³/mol. The summed E-state index contributed by atoms with van der Waals surface area (Å²) in [4.78, 5) is 28.1. The van der Waals surface area contributed by atoms with E-state index in [9.17, 15) is 9.59 Å². The van der Waals surface area contributed by atoms with E-state index in [1.165, 1.54) is 18.4 Å². The van der Waals surface area contributed by atoms with Crippen LogP contribution in [0.3, 0.4) is 0 Å². The summed E-state index contributed by atoms with van der Waals surface area (Å²) in [6.45, 7) is 12.1. The van der Waals surface area contributed by atoms with Crippen molar-refractivity contribution in [3.8, 4) is 5.69 Å². The molecule has 6 nitrogen and oxygen atoms in total. The Balaban J connectivity index is 1.79. The van der Waals surface area contributed by atoms with Crippen LogP contribution in [0.25, 0.3) is 5.69 Å². The number of nitrogens with zero attached hydrogens (tertiary/aromatic N) is 3. The lowest BCUT2D eigenvalue weighted by Crippen LogP contribution is -2.42. The van der Waals surface area contributed by atoms with Crippen LogP contribution in [0.1, 0.15) is 82.4 Å². The molecule has 0 aliphatic heterocycles. The molecule has 0 unspecified atom stereocenters. The molecule has 0 spiro atoms. The Morgan fingerprint density at radius 2 is 1.73 bits per heavy atom. The minimum absolute atomic E-state index is 0.0761. The van der Waals surface area contributed by atoms with E-state index in [0.29, 0.717) is 22.1 Å². The second-order valence-electron chi connectivity index (χ2n) is 10.8. The Morgan fingerprint density at radius 3 is 2.32 bits per heavy atom. The van der Waals surface area contributed by atoms with Gasteiger partial charge in [0.25, 0.3) is 5.91 Å². The van der Waals surface area contributed by atoms with Gasteiger partial charge in [-0.05, 0) is 56.5 Å². The highest BCUT2D eigenvalue weighted by molar-refractivity contribution is 6.32. The number of amides is 2. The van der Waals surface area contributed by atoms with Crippen LogP contribution in [-0.4, -0.2) is 39.1 Å². The zero-order valence-electron chi connectivity index (χ0n) is 22.8. The first-order valence-corrected chi connectivity index (χ1v) is 13.4. The number of aryl methyl sites for hydroxylation is 1. The van der Waals surface area contributed by atoms with Crippen LogP contribution in [0.2, 0.25) is 5.02 Å². The number of rotatable bonds is 10. The summed E-state index contributed by atoms with van der Waals surface area (Å²) in [5.74, 6) is 0.0442. The number of benzene rings is 2. The first-order valence-electron chi connectivity index (χ1n) is 13.1. The molecule has 0 atom stereocenters. The van der Waals surface area contributed by atoms with Crippen molar-refractivity contribution in [3.05, 3.63) is 76.4 Å². The van der Waals surface area contributed by atoms with E-state index in [0.717, 1.165) is 18.5 Å². The van der Waals surface area contributed by atoms with Gasteiger partial charge in [-0.25, -0.2) is 4.68 Å². The number of carbonyl (C=O) groups is 2. The van der Waals surface area contributed by atoms with Gasteiger partial charge in [0.2, 0.25) is 5.91 Å². The minimum atomic E-state index is -0.299. The van der Waals surface area contributed by atoms with Gasteiger partial charge >= 0.3 is 0 Å². The molecule has 7 heteroatoms. The summed E-state index contributed by atoms with van der Waals surface area (Å²) in [7, 11) is 0. The zero-order chi connectivity index (χ0) is 27.2. The molecule has 0 saturated heterocycles. The SMILES string of the molecule is CCCCCc1ccc(C(=O)N(CC(=O)Nc2cc(C(C)(C)C)nn2-c2ccccc2Cl)C(C)C)cc1. The van der Waals surface area contributed by atoms with Crippen LogP contribution in [0.15, 0.2) is 54.6 Å². The molecule has 0 radical (unpaired) electrons. The molecule has 0 saturated carbocycles. The van der Waals surface area contributed by atoms with E-state index in [4.69, 9.17) is 16.7 Å². The van der Waals surface area contributed by atoms with Gasteiger partial charge in [-0.3, -0.25) is 9.59 Å². The van der Waals surface area contributed by atoms with Crippen molar-refractivity contribution in [2.24, 2.45) is 0 Å². The van der Waals surface area contributed by atoms with E-state index in [-0.39, 0.29) is 29.8 Å². The summed E-state index contributed by atoms with van der Waals surface area (Å²) in [5.41, 5.74) is 3.07. The van der Waals surface area contributed by atoms with Gasteiger partial charge in [0.15, 0.2) is 0 Å². The summed E-state index contributed by atoms with van der Waals surface area (Å²) >= 11 is 6.45. The van der Waals surface area contributed by atoms with E-state index in [1.807, 2.05) is 62.4 Å². The van der Waals surface area contributed by atoms with E-state index in [2.05, 4.69) is 33.0 Å². The number of nitrogens with one attached hydrogen (secondary N) is 1. The summed E-state index contributed by atoms with van der Waals surface area (Å²) < 4.78 is 1.65. The molecule has 1 N–H and O–H groups in total. The maximum absolute atomic E-state index is 13.3. The molecule has 0 bridgehead atoms. The third-order valence-corrected chi connectivity index (χ3v) is 6.61. The molecule has 2 amide bonds. The van der Waals surface area contributed by atoms with Crippen LogP contribution >= 0.6 is 11.6 Å². The number of hydrogen-bond donors (Lipinski definition) is 1. The van der Waals surface area contributed by atoms with Gasteiger partial charge in [0.1, 0.15) is 12.4 Å². The molecule has 1 aromatic heterocycles. The summed E-state index contributed by atoms with van der Waals surface area (Å²) in [6, 6.07) is 16.8. The number of aromatic nitrogens is 2. The number of anilines is 1. The van der Waals surface area contributed by atoms with Crippen molar-refractivity contribution in [2.75, 3.05) is 11.9 Å². The first kappa shape index (κ1) is 28.5. The fourth-order valence-electron chi connectivity index (χ4n) is 4.03. The van der Waals surface area contributed by atoms with Crippen LogP contribution < -0.4 is 5.32 Å². The van der Waals surface area contributed by atoms with Crippen molar-refractivity contribution in [1.82, 2.24) is 14.7 Å². The molecule has 0 fully saturated rings. The average molecular weight is 523 g/mol. The quantitative estimate of drug-likeness (QED) is 0.290. The second kappa shape index (κ2) is 12.4. The standard InChI is InChI=1S/C30H39ClN4O2/c1-7-8-9-12-22-15-17-23(18-16-22)29(37)34(21(2)3)20-28(36)32-27-19-26(30(4,5)6)33-35(27)25-14-11-10-13-24(25)31/h10-11,13-19,21H,7-9,12,20H2,1-6H3,(H,32,36). The molecular weight excluding hydrogens is 484 g/mol. The van der Waals surface area contributed by atoms with Crippen LogP contribution in [0, 0.1) is 0 Å². The minimum Gasteiger partial charge on any atom is -0.327 e. The van der Waals surface area contributed by atoms with Gasteiger partial charge in [-0.2, -0.15) is 5.10 Å². The monoisotopic (exact) mass is 522 g/mol. The predicted octanol–water partition coefficient (Wildman–Crippen LogP) is 7.05. The largest absolute Gasteiger partial charge is 0.327 e.